The second-order valence-electron chi connectivity index (χ2n) is 2.46. The van der Waals surface area contributed by atoms with Crippen molar-refractivity contribution >= 4 is 37.8 Å². The zero-order valence-electron chi connectivity index (χ0n) is 6.44. The predicted octanol–water partition coefficient (Wildman–Crippen LogP) is 3.16. The number of hydrogen-bond acceptors (Lipinski definition) is 4. The maximum atomic E-state index is 8.55. The van der Waals surface area contributed by atoms with Crippen molar-refractivity contribution in [2.24, 2.45) is 5.16 Å². The average molecular weight is 197 g/mol. The highest BCUT2D eigenvalue weighted by atomic mass is 32.2. The van der Waals surface area contributed by atoms with Gasteiger partial charge in [-0.25, -0.2) is 0 Å². The SMILES string of the molecule is C/C(=N\O)c1cc2ccsc2s1. The van der Waals surface area contributed by atoms with E-state index in [-0.39, 0.29) is 0 Å². The predicted molar refractivity (Wildman–Crippen MR) is 53.7 cm³/mol. The summed E-state index contributed by atoms with van der Waals surface area (Å²) in [6, 6.07) is 4.12. The molecule has 2 aromatic heterocycles. The van der Waals surface area contributed by atoms with Crippen molar-refractivity contribution in [2.45, 2.75) is 6.92 Å². The zero-order chi connectivity index (χ0) is 8.55. The summed E-state index contributed by atoms with van der Waals surface area (Å²) < 4.78 is 1.29. The Bertz CT molecular complexity index is 398. The molecule has 0 atom stereocenters. The Balaban J connectivity index is 2.58. The van der Waals surface area contributed by atoms with Crippen LogP contribution in [0.5, 0.6) is 0 Å². The normalized spacial score (nSPS) is 12.6. The maximum absolute atomic E-state index is 8.55. The molecular formula is C8H7NOS2. The van der Waals surface area contributed by atoms with Crippen molar-refractivity contribution in [1.82, 2.24) is 0 Å². The van der Waals surface area contributed by atoms with Crippen molar-refractivity contribution in [1.29, 1.82) is 0 Å². The van der Waals surface area contributed by atoms with Crippen molar-refractivity contribution < 1.29 is 5.21 Å². The molecule has 0 radical (unpaired) electrons. The third-order valence-electron chi connectivity index (χ3n) is 1.65. The van der Waals surface area contributed by atoms with Gasteiger partial charge in [0.05, 0.1) is 14.6 Å². The molecule has 0 spiro atoms. The third kappa shape index (κ3) is 1.13. The number of fused-ring (bicyclic) bond motifs is 1. The Labute approximate surface area is 77.8 Å². The van der Waals surface area contributed by atoms with Gasteiger partial charge in [0, 0.05) is 5.39 Å². The van der Waals surface area contributed by atoms with Gasteiger partial charge in [-0.2, -0.15) is 0 Å². The molecule has 2 aromatic rings. The van der Waals surface area contributed by atoms with Gasteiger partial charge in [-0.3, -0.25) is 0 Å². The quantitative estimate of drug-likeness (QED) is 0.425. The van der Waals surface area contributed by atoms with Crippen LogP contribution in [0.2, 0.25) is 0 Å². The van der Waals surface area contributed by atoms with E-state index in [4.69, 9.17) is 5.21 Å². The molecule has 0 amide bonds. The van der Waals surface area contributed by atoms with Crippen LogP contribution < -0.4 is 0 Å². The topological polar surface area (TPSA) is 32.6 Å². The van der Waals surface area contributed by atoms with E-state index in [1.807, 2.05) is 6.07 Å². The van der Waals surface area contributed by atoms with E-state index in [1.54, 1.807) is 29.6 Å². The minimum Gasteiger partial charge on any atom is -0.411 e. The van der Waals surface area contributed by atoms with Crippen molar-refractivity contribution in [3.63, 3.8) is 0 Å². The van der Waals surface area contributed by atoms with Crippen LogP contribution in [0.4, 0.5) is 0 Å². The lowest BCUT2D eigenvalue weighted by molar-refractivity contribution is 0.319. The van der Waals surface area contributed by atoms with E-state index < -0.39 is 0 Å². The Morgan fingerprint density at radius 3 is 3.08 bits per heavy atom. The largest absolute Gasteiger partial charge is 0.411 e. The van der Waals surface area contributed by atoms with Crippen molar-refractivity contribution in [2.75, 3.05) is 0 Å². The minimum atomic E-state index is 0.684. The fourth-order valence-corrected chi connectivity index (χ4v) is 3.04. The molecule has 0 saturated carbocycles. The fourth-order valence-electron chi connectivity index (χ4n) is 0.993. The molecule has 0 saturated heterocycles. The molecule has 62 valence electrons. The smallest absolute Gasteiger partial charge is 0.0937 e. The van der Waals surface area contributed by atoms with E-state index in [2.05, 4.69) is 16.6 Å². The molecule has 0 aromatic carbocycles. The first-order valence-corrected chi connectivity index (χ1v) is 5.17. The molecular weight excluding hydrogens is 190 g/mol. The first kappa shape index (κ1) is 7.76. The molecule has 0 bridgehead atoms. The van der Waals surface area contributed by atoms with Crippen LogP contribution in [0, 0.1) is 0 Å². The summed E-state index contributed by atoms with van der Waals surface area (Å²) in [5.41, 5.74) is 0.684. The Morgan fingerprint density at radius 1 is 1.58 bits per heavy atom. The number of oxime groups is 1. The fraction of sp³-hybridized carbons (Fsp3) is 0.125. The van der Waals surface area contributed by atoms with Gasteiger partial charge in [-0.1, -0.05) is 5.16 Å². The summed E-state index contributed by atoms with van der Waals surface area (Å²) in [7, 11) is 0. The highest BCUT2D eigenvalue weighted by molar-refractivity contribution is 7.38. The van der Waals surface area contributed by atoms with Gasteiger partial charge < -0.3 is 5.21 Å². The van der Waals surface area contributed by atoms with Gasteiger partial charge in [0.25, 0.3) is 0 Å². The molecule has 0 aliphatic rings. The first-order valence-electron chi connectivity index (χ1n) is 3.47. The van der Waals surface area contributed by atoms with Crippen LogP contribution in [-0.2, 0) is 0 Å². The van der Waals surface area contributed by atoms with Gasteiger partial charge in [-0.05, 0) is 24.4 Å². The van der Waals surface area contributed by atoms with Gasteiger partial charge in [-0.15, -0.1) is 22.7 Å². The summed E-state index contributed by atoms with van der Waals surface area (Å²) in [6.45, 7) is 1.80. The van der Waals surface area contributed by atoms with Gasteiger partial charge in [0.2, 0.25) is 0 Å². The molecule has 0 aliphatic heterocycles. The molecule has 0 fully saturated rings. The lowest BCUT2D eigenvalue weighted by Crippen LogP contribution is -1.87. The minimum absolute atomic E-state index is 0.684. The Hall–Kier alpha value is -0.870. The summed E-state index contributed by atoms with van der Waals surface area (Å²) in [5.74, 6) is 0. The third-order valence-corrected chi connectivity index (χ3v) is 3.97. The van der Waals surface area contributed by atoms with E-state index in [0.29, 0.717) is 5.71 Å². The summed E-state index contributed by atoms with van der Waals surface area (Å²) in [4.78, 5) is 1.04. The van der Waals surface area contributed by atoms with Crippen LogP contribution in [-0.4, -0.2) is 10.9 Å². The Kier molecular flexibility index (Phi) is 1.86. The van der Waals surface area contributed by atoms with E-state index in [1.165, 1.54) is 9.40 Å². The van der Waals surface area contributed by atoms with Crippen LogP contribution in [0.15, 0.2) is 22.7 Å². The summed E-state index contributed by atoms with van der Waals surface area (Å²) in [6.07, 6.45) is 0. The van der Waals surface area contributed by atoms with E-state index in [0.717, 1.165) is 4.88 Å². The van der Waals surface area contributed by atoms with Crippen molar-refractivity contribution in [3.05, 3.63) is 22.4 Å². The standard InChI is InChI=1S/C8H7NOS2/c1-5(9-10)7-4-6-2-3-11-8(6)12-7/h2-4,10H,1H3/b9-5+. The van der Waals surface area contributed by atoms with Crippen LogP contribution in [0.25, 0.3) is 9.40 Å². The van der Waals surface area contributed by atoms with Crippen LogP contribution in [0.3, 0.4) is 0 Å². The molecule has 2 nitrogen and oxygen atoms in total. The number of thiophene rings is 2. The number of hydrogen-bond donors (Lipinski definition) is 1. The zero-order valence-corrected chi connectivity index (χ0v) is 8.08. The highest BCUT2D eigenvalue weighted by Crippen LogP contribution is 2.30. The molecule has 2 heterocycles. The summed E-state index contributed by atoms with van der Waals surface area (Å²) in [5, 5.41) is 15.0. The number of rotatable bonds is 1. The lowest BCUT2D eigenvalue weighted by Gasteiger charge is -1.87. The van der Waals surface area contributed by atoms with E-state index in [9.17, 15) is 0 Å². The van der Waals surface area contributed by atoms with Gasteiger partial charge >= 0.3 is 0 Å². The van der Waals surface area contributed by atoms with Gasteiger partial charge in [0.1, 0.15) is 0 Å². The Morgan fingerprint density at radius 2 is 2.42 bits per heavy atom. The number of nitrogens with zero attached hydrogens (tertiary/aromatic N) is 1. The molecule has 2 rings (SSSR count). The second-order valence-corrected chi connectivity index (χ2v) is 4.69. The molecule has 4 heteroatoms. The second kappa shape index (κ2) is 2.88. The molecule has 0 aliphatic carbocycles. The molecule has 1 N–H and O–H groups in total. The van der Waals surface area contributed by atoms with Crippen LogP contribution >= 0.6 is 22.7 Å². The monoisotopic (exact) mass is 197 g/mol. The lowest BCUT2D eigenvalue weighted by atomic mass is 10.3. The first-order chi connectivity index (χ1) is 5.81. The molecule has 12 heavy (non-hydrogen) atoms. The van der Waals surface area contributed by atoms with Crippen LogP contribution in [0.1, 0.15) is 11.8 Å². The maximum Gasteiger partial charge on any atom is 0.0937 e. The molecule has 0 unspecified atom stereocenters. The van der Waals surface area contributed by atoms with Gasteiger partial charge in [0.15, 0.2) is 0 Å². The average Bonchev–Trinajstić information content (AvgIpc) is 2.60. The highest BCUT2D eigenvalue weighted by Gasteiger charge is 2.04. The van der Waals surface area contributed by atoms with Crippen molar-refractivity contribution in [3.8, 4) is 0 Å². The summed E-state index contributed by atoms with van der Waals surface area (Å²) >= 11 is 3.38. The van der Waals surface area contributed by atoms with E-state index >= 15 is 0 Å².